The molecule has 8 heteroatoms. The molecule has 26 heavy (non-hydrogen) atoms. The van der Waals surface area contributed by atoms with E-state index in [0.717, 1.165) is 48.1 Å². The SMILES string of the molecule is CCNC(=NCc1ncnn1C)NCCNc1ccc2ccccc2n1. The van der Waals surface area contributed by atoms with Crippen LogP contribution in [0.3, 0.4) is 0 Å². The standard InChI is InChI=1S/C18H24N8/c1-3-19-18(22-12-17-23-13-24-26(17)2)21-11-10-20-16-9-8-14-6-4-5-7-15(14)25-16/h4-9,13H,3,10-12H2,1-2H3,(H,20,25)(H2,19,21,22). The van der Waals surface area contributed by atoms with E-state index in [2.05, 4.69) is 48.1 Å². The Kier molecular flexibility index (Phi) is 5.97. The van der Waals surface area contributed by atoms with Gasteiger partial charge in [0.15, 0.2) is 5.96 Å². The molecule has 3 N–H and O–H groups in total. The number of guanidine groups is 1. The summed E-state index contributed by atoms with van der Waals surface area (Å²) in [6.45, 7) is 4.77. The van der Waals surface area contributed by atoms with Crippen molar-refractivity contribution >= 4 is 22.7 Å². The average molecular weight is 352 g/mol. The number of nitrogens with one attached hydrogen (secondary N) is 3. The average Bonchev–Trinajstić information content (AvgIpc) is 3.08. The van der Waals surface area contributed by atoms with E-state index < -0.39 is 0 Å². The number of rotatable bonds is 7. The van der Waals surface area contributed by atoms with Gasteiger partial charge < -0.3 is 16.0 Å². The zero-order valence-corrected chi connectivity index (χ0v) is 15.1. The number of nitrogens with zero attached hydrogens (tertiary/aromatic N) is 5. The molecule has 0 aliphatic carbocycles. The molecule has 8 nitrogen and oxygen atoms in total. The third-order valence-corrected chi connectivity index (χ3v) is 3.85. The van der Waals surface area contributed by atoms with Gasteiger partial charge in [-0.05, 0) is 25.1 Å². The molecule has 3 rings (SSSR count). The smallest absolute Gasteiger partial charge is 0.191 e. The molecule has 2 aromatic heterocycles. The van der Waals surface area contributed by atoms with Gasteiger partial charge in [0.1, 0.15) is 24.5 Å². The third-order valence-electron chi connectivity index (χ3n) is 3.85. The fourth-order valence-electron chi connectivity index (χ4n) is 2.49. The molecule has 0 atom stereocenters. The third kappa shape index (κ3) is 4.69. The maximum atomic E-state index is 4.61. The minimum atomic E-state index is 0.478. The van der Waals surface area contributed by atoms with E-state index in [1.807, 2.05) is 38.2 Å². The number of fused-ring (bicyclic) bond motifs is 1. The maximum absolute atomic E-state index is 4.61. The normalized spacial score (nSPS) is 11.5. The molecule has 0 bridgehead atoms. The Morgan fingerprint density at radius 3 is 2.81 bits per heavy atom. The van der Waals surface area contributed by atoms with Crippen molar-refractivity contribution in [3.8, 4) is 0 Å². The van der Waals surface area contributed by atoms with Gasteiger partial charge >= 0.3 is 0 Å². The van der Waals surface area contributed by atoms with Crippen LogP contribution in [0.4, 0.5) is 5.82 Å². The van der Waals surface area contributed by atoms with Crippen molar-refractivity contribution in [3.63, 3.8) is 0 Å². The molecule has 0 amide bonds. The summed E-state index contributed by atoms with van der Waals surface area (Å²) in [4.78, 5) is 13.3. The van der Waals surface area contributed by atoms with Crippen molar-refractivity contribution < 1.29 is 0 Å². The topological polar surface area (TPSA) is 92.0 Å². The van der Waals surface area contributed by atoms with E-state index in [9.17, 15) is 0 Å². The largest absolute Gasteiger partial charge is 0.368 e. The van der Waals surface area contributed by atoms with Crippen LogP contribution in [0, 0.1) is 0 Å². The van der Waals surface area contributed by atoms with Crippen LogP contribution in [0.15, 0.2) is 47.7 Å². The van der Waals surface area contributed by atoms with Crippen molar-refractivity contribution in [2.75, 3.05) is 25.0 Å². The molecule has 1 aromatic carbocycles. The predicted octanol–water partition coefficient (Wildman–Crippen LogP) is 1.53. The lowest BCUT2D eigenvalue weighted by atomic mass is 10.2. The summed E-state index contributed by atoms with van der Waals surface area (Å²) in [6, 6.07) is 12.2. The van der Waals surface area contributed by atoms with E-state index in [0.29, 0.717) is 6.54 Å². The van der Waals surface area contributed by atoms with E-state index >= 15 is 0 Å². The summed E-state index contributed by atoms with van der Waals surface area (Å²) < 4.78 is 1.72. The Hall–Kier alpha value is -3.16. The van der Waals surface area contributed by atoms with Crippen LogP contribution in [-0.2, 0) is 13.6 Å². The Bertz CT molecular complexity index is 870. The summed E-state index contributed by atoms with van der Waals surface area (Å²) in [5.74, 6) is 2.44. The fraction of sp³-hybridized carbons (Fsp3) is 0.333. The van der Waals surface area contributed by atoms with Gasteiger partial charge in [0.25, 0.3) is 0 Å². The van der Waals surface area contributed by atoms with Gasteiger partial charge in [-0.1, -0.05) is 18.2 Å². The number of benzene rings is 1. The van der Waals surface area contributed by atoms with Crippen molar-refractivity contribution in [2.24, 2.45) is 12.0 Å². The van der Waals surface area contributed by atoms with Crippen LogP contribution in [0.2, 0.25) is 0 Å². The number of pyridine rings is 1. The van der Waals surface area contributed by atoms with Crippen molar-refractivity contribution in [3.05, 3.63) is 48.5 Å². The Balaban J connectivity index is 1.50. The van der Waals surface area contributed by atoms with Crippen LogP contribution in [-0.4, -0.2) is 45.3 Å². The first kappa shape index (κ1) is 17.7. The second kappa shape index (κ2) is 8.80. The van der Waals surface area contributed by atoms with Crippen LogP contribution < -0.4 is 16.0 Å². The molecular formula is C18H24N8. The number of hydrogen-bond acceptors (Lipinski definition) is 5. The van der Waals surface area contributed by atoms with Crippen LogP contribution in [0.5, 0.6) is 0 Å². The Morgan fingerprint density at radius 1 is 1.12 bits per heavy atom. The molecule has 136 valence electrons. The van der Waals surface area contributed by atoms with Gasteiger partial charge in [-0.3, -0.25) is 4.68 Å². The minimum absolute atomic E-state index is 0.478. The fourth-order valence-corrected chi connectivity index (χ4v) is 2.49. The summed E-state index contributed by atoms with van der Waals surface area (Å²) in [6.07, 6.45) is 1.53. The Labute approximate surface area is 152 Å². The second-order valence-corrected chi connectivity index (χ2v) is 5.74. The zero-order valence-electron chi connectivity index (χ0n) is 15.1. The van der Waals surface area contributed by atoms with Gasteiger partial charge in [0.2, 0.25) is 0 Å². The van der Waals surface area contributed by atoms with Crippen LogP contribution >= 0.6 is 0 Å². The van der Waals surface area contributed by atoms with E-state index in [1.165, 1.54) is 6.33 Å². The highest BCUT2D eigenvalue weighted by Gasteiger charge is 2.02. The summed E-state index contributed by atoms with van der Waals surface area (Å²) >= 11 is 0. The first-order valence-electron chi connectivity index (χ1n) is 8.71. The molecule has 0 saturated carbocycles. The molecule has 0 radical (unpaired) electrons. The van der Waals surface area contributed by atoms with Crippen LogP contribution in [0.1, 0.15) is 12.7 Å². The predicted molar refractivity (Wildman–Crippen MR) is 104 cm³/mol. The lowest BCUT2D eigenvalue weighted by molar-refractivity contribution is 0.698. The molecule has 0 aliphatic heterocycles. The highest BCUT2D eigenvalue weighted by atomic mass is 15.3. The van der Waals surface area contributed by atoms with Crippen molar-refractivity contribution in [1.82, 2.24) is 30.4 Å². The van der Waals surface area contributed by atoms with E-state index in [1.54, 1.807) is 4.68 Å². The summed E-state index contributed by atoms with van der Waals surface area (Å²) in [5, 5.41) is 15.0. The lowest BCUT2D eigenvalue weighted by Crippen LogP contribution is -2.39. The molecule has 2 heterocycles. The molecule has 3 aromatic rings. The van der Waals surface area contributed by atoms with E-state index in [4.69, 9.17) is 0 Å². The van der Waals surface area contributed by atoms with Gasteiger partial charge in [0.05, 0.1) is 5.52 Å². The number of aryl methyl sites for hydroxylation is 1. The number of aliphatic imine (C=N–C) groups is 1. The monoisotopic (exact) mass is 352 g/mol. The molecular weight excluding hydrogens is 328 g/mol. The van der Waals surface area contributed by atoms with E-state index in [-0.39, 0.29) is 0 Å². The Morgan fingerprint density at radius 2 is 2.00 bits per heavy atom. The number of hydrogen-bond donors (Lipinski definition) is 3. The van der Waals surface area contributed by atoms with Gasteiger partial charge in [-0.2, -0.15) is 5.10 Å². The van der Waals surface area contributed by atoms with Crippen molar-refractivity contribution in [2.45, 2.75) is 13.5 Å². The molecule has 0 saturated heterocycles. The molecule has 0 aliphatic rings. The van der Waals surface area contributed by atoms with Crippen molar-refractivity contribution in [1.29, 1.82) is 0 Å². The van der Waals surface area contributed by atoms with Gasteiger partial charge in [-0.15, -0.1) is 0 Å². The quantitative estimate of drug-likeness (QED) is 0.339. The number of aromatic nitrogens is 4. The maximum Gasteiger partial charge on any atom is 0.191 e. The van der Waals surface area contributed by atoms with Gasteiger partial charge in [0, 0.05) is 32.1 Å². The first-order valence-corrected chi connectivity index (χ1v) is 8.71. The highest BCUT2D eigenvalue weighted by Crippen LogP contribution is 2.13. The molecule has 0 fully saturated rings. The zero-order chi connectivity index (χ0) is 18.2. The highest BCUT2D eigenvalue weighted by molar-refractivity contribution is 5.80. The first-order chi connectivity index (χ1) is 12.8. The minimum Gasteiger partial charge on any atom is -0.368 e. The summed E-state index contributed by atoms with van der Waals surface area (Å²) in [5.41, 5.74) is 0.990. The second-order valence-electron chi connectivity index (χ2n) is 5.74. The number of anilines is 1. The van der Waals surface area contributed by atoms with Crippen LogP contribution in [0.25, 0.3) is 10.9 Å². The number of para-hydroxylation sites is 1. The molecule has 0 spiro atoms. The molecule has 0 unspecified atom stereocenters. The van der Waals surface area contributed by atoms with Gasteiger partial charge in [-0.25, -0.2) is 15.0 Å². The lowest BCUT2D eigenvalue weighted by Gasteiger charge is -2.12. The summed E-state index contributed by atoms with van der Waals surface area (Å²) in [7, 11) is 1.86.